The number of aliphatic hydroxyl groups is 1. The summed E-state index contributed by atoms with van der Waals surface area (Å²) in [6.07, 6.45) is 1.33. The van der Waals surface area contributed by atoms with Crippen LogP contribution in [0.25, 0.3) is 0 Å². The lowest BCUT2D eigenvalue weighted by molar-refractivity contribution is -0.134. The van der Waals surface area contributed by atoms with Crippen LogP contribution < -0.4 is 5.32 Å². The molecular weight excluding hydrogens is 274 g/mol. The largest absolute Gasteiger partial charge is 0.466 e. The summed E-state index contributed by atoms with van der Waals surface area (Å²) >= 11 is 0. The monoisotopic (exact) mass is 293 g/mol. The van der Waals surface area contributed by atoms with Crippen molar-refractivity contribution in [3.05, 3.63) is 48.0 Å². The summed E-state index contributed by atoms with van der Waals surface area (Å²) in [6.45, 7) is 0.428. The number of hydrogen-bond donors (Lipinski definition) is 2. The van der Waals surface area contributed by atoms with Gasteiger partial charge in [0.25, 0.3) is 0 Å². The molecule has 0 aliphatic rings. The van der Waals surface area contributed by atoms with Gasteiger partial charge in [-0.25, -0.2) is 9.59 Å². The lowest BCUT2D eigenvalue weighted by Gasteiger charge is -2.08. The fraction of sp³-hybridized carbons (Fsp3) is 0.333. The first-order valence-electron chi connectivity index (χ1n) is 6.50. The van der Waals surface area contributed by atoms with E-state index in [9.17, 15) is 14.7 Å². The van der Waals surface area contributed by atoms with Gasteiger partial charge in [-0.1, -0.05) is 30.3 Å². The number of carbonyl (C=O) groups is 2. The smallest absolute Gasteiger partial charge is 0.407 e. The molecule has 21 heavy (non-hydrogen) atoms. The third-order valence-corrected chi connectivity index (χ3v) is 2.58. The number of aliphatic hydroxyl groups excluding tert-OH is 1. The molecule has 1 amide bonds. The predicted octanol–water partition coefficient (Wildman–Crippen LogP) is 1.39. The zero-order chi connectivity index (χ0) is 15.5. The molecule has 0 fully saturated rings. The third kappa shape index (κ3) is 7.74. The molecule has 1 atom stereocenters. The molecule has 0 heterocycles. The Bertz CT molecular complexity index is 472. The van der Waals surface area contributed by atoms with Crippen molar-refractivity contribution in [3.63, 3.8) is 0 Å². The van der Waals surface area contributed by atoms with Crippen molar-refractivity contribution in [2.75, 3.05) is 13.7 Å². The molecular formula is C15H19NO5. The van der Waals surface area contributed by atoms with Gasteiger partial charge in [0.15, 0.2) is 0 Å². The van der Waals surface area contributed by atoms with Crippen molar-refractivity contribution in [2.24, 2.45) is 0 Å². The molecule has 0 aromatic heterocycles. The highest BCUT2D eigenvalue weighted by Crippen LogP contribution is 2.00. The van der Waals surface area contributed by atoms with Crippen molar-refractivity contribution < 1.29 is 24.2 Å². The number of nitrogens with one attached hydrogen (secondary N) is 1. The van der Waals surface area contributed by atoms with Crippen LogP contribution in [0.3, 0.4) is 0 Å². The van der Waals surface area contributed by atoms with Gasteiger partial charge in [-0.2, -0.15) is 0 Å². The van der Waals surface area contributed by atoms with Gasteiger partial charge in [0, 0.05) is 12.6 Å². The number of rotatable bonds is 7. The molecule has 0 spiro atoms. The molecule has 6 heteroatoms. The van der Waals surface area contributed by atoms with Crippen LogP contribution >= 0.6 is 0 Å². The molecule has 0 saturated heterocycles. The molecule has 2 N–H and O–H groups in total. The quantitative estimate of drug-likeness (QED) is 0.586. The highest BCUT2D eigenvalue weighted by atomic mass is 16.5. The van der Waals surface area contributed by atoms with Crippen molar-refractivity contribution in [2.45, 2.75) is 19.1 Å². The summed E-state index contributed by atoms with van der Waals surface area (Å²) in [6, 6.07) is 9.32. The van der Waals surface area contributed by atoms with Crippen LogP contribution in [0.2, 0.25) is 0 Å². The number of amides is 1. The first kappa shape index (κ1) is 16.7. The summed E-state index contributed by atoms with van der Waals surface area (Å²) in [5, 5.41) is 12.0. The van der Waals surface area contributed by atoms with E-state index in [-0.39, 0.29) is 19.6 Å². The van der Waals surface area contributed by atoms with Gasteiger partial charge in [-0.05, 0) is 18.1 Å². The molecule has 0 bridgehead atoms. The Morgan fingerprint density at radius 2 is 2.05 bits per heavy atom. The fourth-order valence-electron chi connectivity index (χ4n) is 1.45. The molecule has 6 nitrogen and oxygen atoms in total. The van der Waals surface area contributed by atoms with Crippen molar-refractivity contribution in [3.8, 4) is 0 Å². The van der Waals surface area contributed by atoms with E-state index in [2.05, 4.69) is 10.1 Å². The minimum atomic E-state index is -0.835. The Hall–Kier alpha value is -2.34. The van der Waals surface area contributed by atoms with Gasteiger partial charge >= 0.3 is 12.1 Å². The standard InChI is InChI=1S/C15H19NO5/c1-20-14(18)8-7-13(17)9-10-16-15(19)21-11-12-5-3-2-4-6-12/h2-8,13,17H,9-11H2,1H3,(H,16,19)/b8-7+. The van der Waals surface area contributed by atoms with E-state index >= 15 is 0 Å². The van der Waals surface area contributed by atoms with E-state index in [1.807, 2.05) is 30.3 Å². The molecule has 1 rings (SSSR count). The molecule has 1 aromatic carbocycles. The summed E-state index contributed by atoms with van der Waals surface area (Å²) in [7, 11) is 1.25. The fourth-order valence-corrected chi connectivity index (χ4v) is 1.45. The van der Waals surface area contributed by atoms with Gasteiger partial charge in [-0.15, -0.1) is 0 Å². The van der Waals surface area contributed by atoms with Crippen LogP contribution in [0.5, 0.6) is 0 Å². The summed E-state index contributed by atoms with van der Waals surface area (Å²) in [4.78, 5) is 22.2. The molecule has 1 unspecified atom stereocenters. The Morgan fingerprint density at radius 1 is 1.33 bits per heavy atom. The van der Waals surface area contributed by atoms with E-state index in [1.54, 1.807) is 0 Å². The van der Waals surface area contributed by atoms with Gasteiger partial charge in [0.2, 0.25) is 0 Å². The second-order valence-electron chi connectivity index (χ2n) is 4.23. The topological polar surface area (TPSA) is 84.9 Å². The predicted molar refractivity (Wildman–Crippen MR) is 76.4 cm³/mol. The number of hydrogen-bond acceptors (Lipinski definition) is 5. The van der Waals surface area contributed by atoms with Crippen LogP contribution in [0.4, 0.5) is 4.79 Å². The molecule has 0 aliphatic heterocycles. The van der Waals surface area contributed by atoms with E-state index < -0.39 is 18.2 Å². The first-order valence-corrected chi connectivity index (χ1v) is 6.50. The highest BCUT2D eigenvalue weighted by Gasteiger charge is 2.05. The normalized spacial score (nSPS) is 11.9. The SMILES string of the molecule is COC(=O)/C=C/C(O)CCNC(=O)OCc1ccccc1. The molecule has 114 valence electrons. The molecule has 0 saturated carbocycles. The average molecular weight is 293 g/mol. The Kier molecular flexibility index (Phi) is 7.60. The number of ether oxygens (including phenoxy) is 2. The number of carbonyl (C=O) groups excluding carboxylic acids is 2. The van der Waals surface area contributed by atoms with Gasteiger partial charge < -0.3 is 19.9 Å². The summed E-state index contributed by atoms with van der Waals surface area (Å²) < 4.78 is 9.39. The number of methoxy groups -OCH3 is 1. The van der Waals surface area contributed by atoms with Crippen LogP contribution in [0.1, 0.15) is 12.0 Å². The van der Waals surface area contributed by atoms with Crippen molar-refractivity contribution in [1.82, 2.24) is 5.32 Å². The maximum absolute atomic E-state index is 11.4. The lowest BCUT2D eigenvalue weighted by atomic mass is 10.2. The maximum Gasteiger partial charge on any atom is 0.407 e. The second kappa shape index (κ2) is 9.55. The molecule has 0 aliphatic carbocycles. The van der Waals surface area contributed by atoms with E-state index in [4.69, 9.17) is 4.74 Å². The Morgan fingerprint density at radius 3 is 2.71 bits per heavy atom. The number of alkyl carbamates (subject to hydrolysis) is 1. The molecule has 1 aromatic rings. The van der Waals surface area contributed by atoms with Crippen LogP contribution in [0.15, 0.2) is 42.5 Å². The lowest BCUT2D eigenvalue weighted by Crippen LogP contribution is -2.27. The van der Waals surface area contributed by atoms with Gasteiger partial charge in [-0.3, -0.25) is 0 Å². The summed E-state index contributed by atoms with van der Waals surface area (Å²) in [5.74, 6) is -0.538. The Labute approximate surface area is 123 Å². The number of esters is 1. The van der Waals surface area contributed by atoms with Crippen LogP contribution in [-0.4, -0.2) is 36.9 Å². The van der Waals surface area contributed by atoms with Crippen LogP contribution in [-0.2, 0) is 20.9 Å². The highest BCUT2D eigenvalue weighted by molar-refractivity contribution is 5.81. The third-order valence-electron chi connectivity index (χ3n) is 2.58. The maximum atomic E-state index is 11.4. The van der Waals surface area contributed by atoms with E-state index in [0.29, 0.717) is 0 Å². The second-order valence-corrected chi connectivity index (χ2v) is 4.23. The minimum absolute atomic E-state index is 0.192. The van der Waals surface area contributed by atoms with Crippen molar-refractivity contribution >= 4 is 12.1 Å². The zero-order valence-electron chi connectivity index (χ0n) is 11.8. The van der Waals surface area contributed by atoms with Crippen LogP contribution in [0, 0.1) is 0 Å². The van der Waals surface area contributed by atoms with E-state index in [1.165, 1.54) is 13.2 Å². The Balaban J connectivity index is 2.16. The zero-order valence-corrected chi connectivity index (χ0v) is 11.8. The average Bonchev–Trinajstić information content (AvgIpc) is 2.51. The summed E-state index contributed by atoms with van der Waals surface area (Å²) in [5.41, 5.74) is 0.897. The van der Waals surface area contributed by atoms with Gasteiger partial charge in [0.1, 0.15) is 6.61 Å². The number of benzene rings is 1. The van der Waals surface area contributed by atoms with Gasteiger partial charge in [0.05, 0.1) is 13.2 Å². The minimum Gasteiger partial charge on any atom is -0.466 e. The van der Waals surface area contributed by atoms with E-state index in [0.717, 1.165) is 11.6 Å². The first-order chi connectivity index (χ1) is 10.1. The molecule has 0 radical (unpaired) electrons. The van der Waals surface area contributed by atoms with Crippen molar-refractivity contribution in [1.29, 1.82) is 0 Å².